The Bertz CT molecular complexity index is 1520. The number of hydrogen-bond donors (Lipinski definition) is 2. The fraction of sp³-hybridized carbons (Fsp3) is 0.200. The number of halogens is 1. The van der Waals surface area contributed by atoms with Gasteiger partial charge in [0.25, 0.3) is 11.7 Å². The number of fused-ring (bicyclic) bond motifs is 1. The largest absolute Gasteiger partial charge is 0.507 e. The Morgan fingerprint density at radius 2 is 1.74 bits per heavy atom. The van der Waals surface area contributed by atoms with Crippen molar-refractivity contribution in [3.8, 4) is 11.5 Å². The highest BCUT2D eigenvalue weighted by molar-refractivity contribution is 6.46. The Labute approximate surface area is 225 Å². The summed E-state index contributed by atoms with van der Waals surface area (Å²) in [6.07, 6.45) is 2.40. The minimum Gasteiger partial charge on any atom is -0.507 e. The molecule has 1 aromatic heterocycles. The molecule has 0 radical (unpaired) electrons. The van der Waals surface area contributed by atoms with Gasteiger partial charge in [0.15, 0.2) is 0 Å². The number of ketones is 1. The molecule has 0 aliphatic carbocycles. The molecule has 1 aliphatic rings. The highest BCUT2D eigenvalue weighted by atomic mass is 35.5. The van der Waals surface area contributed by atoms with Crippen molar-refractivity contribution in [3.63, 3.8) is 0 Å². The molecule has 4 aromatic rings. The first-order chi connectivity index (χ1) is 18.4. The lowest BCUT2D eigenvalue weighted by Crippen LogP contribution is -2.31. The van der Waals surface area contributed by atoms with Crippen molar-refractivity contribution < 1.29 is 24.2 Å². The Morgan fingerprint density at radius 3 is 2.42 bits per heavy atom. The number of H-pyrrole nitrogens is 1. The molecule has 0 saturated carbocycles. The lowest BCUT2D eigenvalue weighted by atomic mass is 9.95. The average molecular weight is 531 g/mol. The fourth-order valence-electron chi connectivity index (χ4n) is 4.87. The molecule has 1 aliphatic heterocycles. The molecule has 1 amide bonds. The number of amides is 1. The molecule has 1 atom stereocenters. The molecule has 3 aromatic carbocycles. The maximum atomic E-state index is 13.3. The van der Waals surface area contributed by atoms with Crippen molar-refractivity contribution in [3.05, 3.63) is 100 Å². The Balaban J connectivity index is 1.54. The van der Waals surface area contributed by atoms with E-state index in [4.69, 9.17) is 21.1 Å². The smallest absolute Gasteiger partial charge is 0.295 e. The van der Waals surface area contributed by atoms with Crippen LogP contribution in [0.1, 0.15) is 29.7 Å². The van der Waals surface area contributed by atoms with Crippen LogP contribution < -0.4 is 9.47 Å². The second-order valence-corrected chi connectivity index (χ2v) is 9.41. The zero-order chi connectivity index (χ0) is 26.8. The standard InChI is InChI=1S/C30H27ClN2O5/c1-3-38-22-10-6-18(7-11-22)27-26(28(34)19-4-8-21(31)9-5-19)29(35)30(36)33(27)15-14-20-17-32-25-13-12-23(37-2)16-24(20)25/h4-13,16-17,27,32,34H,3,14-15H2,1-2H3/t27-/m0/s1. The first-order valence-corrected chi connectivity index (χ1v) is 12.7. The number of Topliss-reactive ketones (excluding diaryl/α,β-unsaturated/α-hetero) is 1. The van der Waals surface area contributed by atoms with E-state index in [1.165, 1.54) is 4.90 Å². The molecule has 1 saturated heterocycles. The van der Waals surface area contributed by atoms with E-state index in [1.54, 1.807) is 43.5 Å². The van der Waals surface area contributed by atoms with Crippen LogP contribution >= 0.6 is 11.6 Å². The lowest BCUT2D eigenvalue weighted by Gasteiger charge is -2.25. The van der Waals surface area contributed by atoms with Crippen molar-refractivity contribution in [2.75, 3.05) is 20.3 Å². The number of nitrogens with zero attached hydrogens (tertiary/aromatic N) is 1. The summed E-state index contributed by atoms with van der Waals surface area (Å²) in [5.41, 5.74) is 3.09. The van der Waals surface area contributed by atoms with Crippen LogP contribution in [0.15, 0.2) is 78.5 Å². The second-order valence-electron chi connectivity index (χ2n) is 8.98. The molecule has 194 valence electrons. The summed E-state index contributed by atoms with van der Waals surface area (Å²) in [5, 5.41) is 12.7. The van der Waals surface area contributed by atoms with Crippen molar-refractivity contribution >= 4 is 40.0 Å². The predicted octanol–water partition coefficient (Wildman–Crippen LogP) is 5.89. The number of methoxy groups -OCH3 is 1. The summed E-state index contributed by atoms with van der Waals surface area (Å²) in [4.78, 5) is 31.4. The van der Waals surface area contributed by atoms with Crippen molar-refractivity contribution in [1.29, 1.82) is 0 Å². The minimum atomic E-state index is -0.763. The van der Waals surface area contributed by atoms with Gasteiger partial charge in [-0.15, -0.1) is 0 Å². The van der Waals surface area contributed by atoms with E-state index >= 15 is 0 Å². The summed E-state index contributed by atoms with van der Waals surface area (Å²) < 4.78 is 10.9. The topological polar surface area (TPSA) is 91.9 Å². The number of likely N-dealkylation sites (tertiary alicyclic amines) is 1. The van der Waals surface area contributed by atoms with Gasteiger partial charge < -0.3 is 24.5 Å². The van der Waals surface area contributed by atoms with Crippen LogP contribution in [-0.2, 0) is 16.0 Å². The van der Waals surface area contributed by atoms with Crippen LogP contribution in [0.25, 0.3) is 16.7 Å². The number of aromatic amines is 1. The molecular weight excluding hydrogens is 504 g/mol. The van der Waals surface area contributed by atoms with Gasteiger partial charge in [0.1, 0.15) is 17.3 Å². The third-order valence-corrected chi connectivity index (χ3v) is 7.01. The lowest BCUT2D eigenvalue weighted by molar-refractivity contribution is -0.139. The number of aliphatic hydroxyl groups excluding tert-OH is 1. The monoisotopic (exact) mass is 530 g/mol. The molecule has 38 heavy (non-hydrogen) atoms. The number of nitrogens with one attached hydrogen (secondary N) is 1. The number of carbonyl (C=O) groups is 2. The number of rotatable bonds is 8. The molecule has 1 fully saturated rings. The number of carbonyl (C=O) groups excluding carboxylic acids is 2. The molecule has 0 unspecified atom stereocenters. The first-order valence-electron chi connectivity index (χ1n) is 12.3. The zero-order valence-electron chi connectivity index (χ0n) is 21.0. The van der Waals surface area contributed by atoms with Gasteiger partial charge in [-0.1, -0.05) is 23.7 Å². The van der Waals surface area contributed by atoms with Crippen LogP contribution in [-0.4, -0.2) is 46.9 Å². The fourth-order valence-corrected chi connectivity index (χ4v) is 4.99. The molecule has 0 bridgehead atoms. The Kier molecular flexibility index (Phi) is 7.11. The van der Waals surface area contributed by atoms with E-state index in [9.17, 15) is 14.7 Å². The van der Waals surface area contributed by atoms with Gasteiger partial charge in [0.2, 0.25) is 0 Å². The van der Waals surface area contributed by atoms with Crippen LogP contribution in [0.5, 0.6) is 11.5 Å². The van der Waals surface area contributed by atoms with Crippen molar-refractivity contribution in [2.24, 2.45) is 0 Å². The number of benzene rings is 3. The van der Waals surface area contributed by atoms with E-state index in [2.05, 4.69) is 4.98 Å². The summed E-state index contributed by atoms with van der Waals surface area (Å²) >= 11 is 6.02. The summed E-state index contributed by atoms with van der Waals surface area (Å²) in [7, 11) is 1.62. The summed E-state index contributed by atoms with van der Waals surface area (Å²) in [5.74, 6) is -0.207. The number of ether oxygens (including phenoxy) is 2. The van der Waals surface area contributed by atoms with E-state index in [0.29, 0.717) is 34.9 Å². The molecule has 5 rings (SSSR count). The SMILES string of the molecule is CCOc1ccc([C@H]2C(=C(O)c3ccc(Cl)cc3)C(=O)C(=O)N2CCc2c[nH]c3ccc(OC)cc23)cc1. The minimum absolute atomic E-state index is 0.0436. The van der Waals surface area contributed by atoms with E-state index in [1.807, 2.05) is 43.5 Å². The normalized spacial score (nSPS) is 16.8. The quantitative estimate of drug-likeness (QED) is 0.168. The van der Waals surface area contributed by atoms with Gasteiger partial charge in [0.05, 0.1) is 25.3 Å². The van der Waals surface area contributed by atoms with Gasteiger partial charge in [-0.05, 0) is 79.1 Å². The molecule has 0 spiro atoms. The molecule has 2 N–H and O–H groups in total. The molecule has 8 heteroatoms. The molecule has 2 heterocycles. The highest BCUT2D eigenvalue weighted by Crippen LogP contribution is 2.40. The van der Waals surface area contributed by atoms with Gasteiger partial charge in [0, 0.05) is 34.2 Å². The number of hydrogen-bond acceptors (Lipinski definition) is 5. The van der Waals surface area contributed by atoms with Gasteiger partial charge in [-0.2, -0.15) is 0 Å². The third kappa shape index (κ3) is 4.73. The second kappa shape index (κ2) is 10.6. The van der Waals surface area contributed by atoms with Crippen molar-refractivity contribution in [2.45, 2.75) is 19.4 Å². The van der Waals surface area contributed by atoms with Gasteiger partial charge in [-0.25, -0.2) is 0 Å². The van der Waals surface area contributed by atoms with Crippen molar-refractivity contribution in [1.82, 2.24) is 9.88 Å². The van der Waals surface area contributed by atoms with Crippen LogP contribution in [0.3, 0.4) is 0 Å². The Morgan fingerprint density at radius 1 is 1.03 bits per heavy atom. The van der Waals surface area contributed by atoms with Crippen LogP contribution in [0.4, 0.5) is 0 Å². The zero-order valence-corrected chi connectivity index (χ0v) is 21.8. The van der Waals surface area contributed by atoms with E-state index in [0.717, 1.165) is 22.2 Å². The number of aliphatic hydroxyl groups is 1. The average Bonchev–Trinajstić information content (AvgIpc) is 3.45. The maximum Gasteiger partial charge on any atom is 0.295 e. The maximum absolute atomic E-state index is 13.3. The van der Waals surface area contributed by atoms with E-state index in [-0.39, 0.29) is 17.9 Å². The summed E-state index contributed by atoms with van der Waals surface area (Å²) in [6.45, 7) is 2.68. The van der Waals surface area contributed by atoms with Crippen LogP contribution in [0, 0.1) is 0 Å². The number of aromatic nitrogens is 1. The predicted molar refractivity (Wildman–Crippen MR) is 147 cm³/mol. The van der Waals surface area contributed by atoms with Gasteiger partial charge in [-0.3, -0.25) is 9.59 Å². The molecular formula is C30H27ClN2O5. The Hall–Kier alpha value is -4.23. The highest BCUT2D eigenvalue weighted by Gasteiger charge is 2.45. The molecule has 7 nitrogen and oxygen atoms in total. The summed E-state index contributed by atoms with van der Waals surface area (Å²) in [6, 6.07) is 18.7. The third-order valence-electron chi connectivity index (χ3n) is 6.76. The van der Waals surface area contributed by atoms with Gasteiger partial charge >= 0.3 is 0 Å². The van der Waals surface area contributed by atoms with E-state index < -0.39 is 17.7 Å². The first kappa shape index (κ1) is 25.4. The van der Waals surface area contributed by atoms with Crippen LogP contribution in [0.2, 0.25) is 5.02 Å².